The Labute approximate surface area is 55.3 Å². The molecule has 0 heterocycles. The highest BCUT2D eigenvalue weighted by atomic mass is 32.1. The van der Waals surface area contributed by atoms with Gasteiger partial charge in [-0.25, -0.2) is 0 Å². The lowest BCUT2D eigenvalue weighted by atomic mass is 10.4. The highest BCUT2D eigenvalue weighted by Crippen LogP contribution is 1.89. The first-order valence-corrected chi connectivity index (χ1v) is 2.65. The highest BCUT2D eigenvalue weighted by Gasteiger charge is 1.77. The van der Waals surface area contributed by atoms with Crippen LogP contribution in [0, 0.1) is 0 Å². The molecule has 1 N–H and O–H groups in total. The molecule has 0 rings (SSSR count). The van der Waals surface area contributed by atoms with Gasteiger partial charge in [0.1, 0.15) is 0 Å². The van der Waals surface area contributed by atoms with Crippen LogP contribution < -0.4 is 4.72 Å². The summed E-state index contributed by atoms with van der Waals surface area (Å²) in [6.07, 6.45) is 5.11. The molecule has 0 unspecified atom stereocenters. The summed E-state index contributed by atoms with van der Waals surface area (Å²) in [6, 6.07) is 0. The second-order valence-electron chi connectivity index (χ2n) is 1.17. The average Bonchev–Trinajstić information content (AvgIpc) is 1.83. The van der Waals surface area contributed by atoms with E-state index in [2.05, 4.69) is 30.7 Å². The van der Waals surface area contributed by atoms with E-state index in [9.17, 15) is 0 Å². The Balaban J connectivity index is 3.84. The molecule has 8 heavy (non-hydrogen) atoms. The molecule has 0 radical (unpaired) electrons. The second kappa shape index (κ2) is 4.53. The van der Waals surface area contributed by atoms with Crippen LogP contribution in [0.5, 0.6) is 0 Å². The number of allylic oxidation sites excluding steroid dienone is 3. The number of thiol groups is 1. The van der Waals surface area contributed by atoms with Crippen LogP contribution in [0.25, 0.3) is 0 Å². The Morgan fingerprint density at radius 3 is 2.25 bits per heavy atom. The van der Waals surface area contributed by atoms with Crippen LogP contribution in [-0.2, 0) is 0 Å². The third kappa shape index (κ3) is 2.53. The first-order chi connectivity index (χ1) is 3.85. The Morgan fingerprint density at radius 1 is 1.50 bits per heavy atom. The summed E-state index contributed by atoms with van der Waals surface area (Å²) in [4.78, 5) is 0. The van der Waals surface area contributed by atoms with E-state index >= 15 is 0 Å². The number of nitrogens with one attached hydrogen (secondary N) is 1. The molecule has 0 aliphatic heterocycles. The molecule has 44 valence electrons. The maximum absolute atomic E-state index is 3.79. The van der Waals surface area contributed by atoms with E-state index in [1.54, 1.807) is 18.2 Å². The van der Waals surface area contributed by atoms with Crippen LogP contribution in [0.3, 0.4) is 0 Å². The van der Waals surface area contributed by atoms with Crippen molar-refractivity contribution in [1.82, 2.24) is 4.72 Å². The zero-order valence-electron chi connectivity index (χ0n) is 4.59. The van der Waals surface area contributed by atoms with Crippen LogP contribution in [0.1, 0.15) is 0 Å². The van der Waals surface area contributed by atoms with E-state index in [4.69, 9.17) is 0 Å². The Kier molecular flexibility index (Phi) is 4.17. The van der Waals surface area contributed by atoms with Crippen molar-refractivity contribution in [2.45, 2.75) is 0 Å². The molecular formula is C6H9NS. The van der Waals surface area contributed by atoms with Crippen molar-refractivity contribution in [3.05, 3.63) is 37.1 Å². The topological polar surface area (TPSA) is 12.0 Å². The van der Waals surface area contributed by atoms with Gasteiger partial charge in [0.2, 0.25) is 0 Å². The number of hydrogen-bond acceptors (Lipinski definition) is 2. The van der Waals surface area contributed by atoms with E-state index in [0.717, 1.165) is 5.70 Å². The molecule has 2 heteroatoms. The van der Waals surface area contributed by atoms with Gasteiger partial charge in [-0.2, -0.15) is 0 Å². The van der Waals surface area contributed by atoms with Gasteiger partial charge in [-0.1, -0.05) is 32.0 Å². The number of rotatable bonds is 3. The van der Waals surface area contributed by atoms with Crippen LogP contribution in [0.4, 0.5) is 0 Å². The van der Waals surface area contributed by atoms with Gasteiger partial charge in [-0.05, 0) is 12.2 Å². The summed E-state index contributed by atoms with van der Waals surface area (Å²) in [5.41, 5.74) is 0.850. The average molecular weight is 127 g/mol. The van der Waals surface area contributed by atoms with E-state index < -0.39 is 0 Å². The van der Waals surface area contributed by atoms with Crippen molar-refractivity contribution < 1.29 is 0 Å². The summed E-state index contributed by atoms with van der Waals surface area (Å²) in [5, 5.41) is 0. The van der Waals surface area contributed by atoms with Crippen molar-refractivity contribution in [2.75, 3.05) is 0 Å². The Bertz CT molecular complexity index is 116. The molecule has 0 aromatic rings. The van der Waals surface area contributed by atoms with Gasteiger partial charge in [0, 0.05) is 5.70 Å². The van der Waals surface area contributed by atoms with Gasteiger partial charge in [0.05, 0.1) is 0 Å². The first kappa shape index (κ1) is 7.37. The molecule has 0 aliphatic rings. The maximum Gasteiger partial charge on any atom is 0.0431 e. The zero-order chi connectivity index (χ0) is 6.41. The predicted molar refractivity (Wildman–Crippen MR) is 40.6 cm³/mol. The molecule has 1 nitrogen and oxygen atoms in total. The van der Waals surface area contributed by atoms with Crippen molar-refractivity contribution >= 4 is 12.8 Å². The SMILES string of the molecule is C=C/C=C(\C=C)NS. The lowest BCUT2D eigenvalue weighted by molar-refractivity contribution is 1.31. The monoisotopic (exact) mass is 127 g/mol. The molecule has 0 aromatic carbocycles. The second-order valence-corrected chi connectivity index (χ2v) is 1.40. The molecule has 0 saturated carbocycles. The highest BCUT2D eigenvalue weighted by molar-refractivity contribution is 7.78. The zero-order valence-corrected chi connectivity index (χ0v) is 5.49. The fraction of sp³-hybridized carbons (Fsp3) is 0. The fourth-order valence-corrected chi connectivity index (χ4v) is 0.444. The Hall–Kier alpha value is -0.630. The van der Waals surface area contributed by atoms with Crippen molar-refractivity contribution in [3.63, 3.8) is 0 Å². The summed E-state index contributed by atoms with van der Waals surface area (Å²) in [7, 11) is 0. The molecule has 0 saturated heterocycles. The smallest absolute Gasteiger partial charge is 0.0431 e. The Morgan fingerprint density at radius 2 is 2.12 bits per heavy atom. The summed E-state index contributed by atoms with van der Waals surface area (Å²) < 4.78 is 2.62. The molecule has 0 amide bonds. The normalized spacial score (nSPS) is 10.4. The van der Waals surface area contributed by atoms with Crippen LogP contribution >= 0.6 is 12.8 Å². The first-order valence-electron chi connectivity index (χ1n) is 2.20. The van der Waals surface area contributed by atoms with Gasteiger partial charge < -0.3 is 4.72 Å². The standard InChI is InChI=1S/C6H9NS/c1-3-5-6(4-2)7-8/h3-5,7-8H,1-2H2/b6-5+. The molecule has 0 fully saturated rings. The maximum atomic E-state index is 3.79. The van der Waals surface area contributed by atoms with Crippen molar-refractivity contribution in [3.8, 4) is 0 Å². The van der Waals surface area contributed by atoms with Crippen LogP contribution in [0.2, 0.25) is 0 Å². The van der Waals surface area contributed by atoms with Gasteiger partial charge in [-0.15, -0.1) is 0 Å². The van der Waals surface area contributed by atoms with Crippen molar-refractivity contribution in [1.29, 1.82) is 0 Å². The molecule has 0 spiro atoms. The van der Waals surface area contributed by atoms with E-state index in [0.29, 0.717) is 0 Å². The minimum absolute atomic E-state index is 0.850. The predicted octanol–water partition coefficient (Wildman–Crippen LogP) is 1.68. The molecule has 0 bridgehead atoms. The van der Waals surface area contributed by atoms with Gasteiger partial charge in [0.15, 0.2) is 0 Å². The van der Waals surface area contributed by atoms with Crippen LogP contribution in [-0.4, -0.2) is 0 Å². The van der Waals surface area contributed by atoms with E-state index in [1.807, 2.05) is 0 Å². The van der Waals surface area contributed by atoms with Gasteiger partial charge in [-0.3, -0.25) is 0 Å². The van der Waals surface area contributed by atoms with E-state index in [1.165, 1.54) is 0 Å². The number of hydrogen-bond donors (Lipinski definition) is 2. The minimum Gasteiger partial charge on any atom is -0.332 e. The summed E-state index contributed by atoms with van der Waals surface area (Å²) in [5.74, 6) is 0. The molecule has 0 atom stereocenters. The lowest BCUT2D eigenvalue weighted by Gasteiger charge is -1.92. The third-order valence-corrected chi connectivity index (χ3v) is 0.905. The van der Waals surface area contributed by atoms with Crippen molar-refractivity contribution in [2.24, 2.45) is 0 Å². The van der Waals surface area contributed by atoms with Crippen LogP contribution in [0.15, 0.2) is 37.1 Å². The molecule has 0 aliphatic carbocycles. The van der Waals surface area contributed by atoms with Gasteiger partial charge in [0.25, 0.3) is 0 Å². The molecular weight excluding hydrogens is 118 g/mol. The third-order valence-electron chi connectivity index (χ3n) is 0.646. The summed E-state index contributed by atoms with van der Waals surface area (Å²) >= 11 is 3.79. The quantitative estimate of drug-likeness (QED) is 0.434. The minimum atomic E-state index is 0.850. The summed E-state index contributed by atoms with van der Waals surface area (Å²) in [6.45, 7) is 7.02. The fourth-order valence-electron chi connectivity index (χ4n) is 0.278. The largest absolute Gasteiger partial charge is 0.332 e. The van der Waals surface area contributed by atoms with E-state index in [-0.39, 0.29) is 0 Å². The molecule has 0 aromatic heterocycles. The van der Waals surface area contributed by atoms with Gasteiger partial charge >= 0.3 is 0 Å². The lowest BCUT2D eigenvalue weighted by Crippen LogP contribution is -1.92.